The van der Waals surface area contributed by atoms with Crippen LogP contribution in [0.5, 0.6) is 0 Å². The van der Waals surface area contributed by atoms with Crippen LogP contribution in [0.2, 0.25) is 0 Å². The molecule has 0 saturated carbocycles. The van der Waals surface area contributed by atoms with Crippen molar-refractivity contribution < 1.29 is 14.3 Å². The number of benzene rings is 1. The summed E-state index contributed by atoms with van der Waals surface area (Å²) in [5, 5.41) is 10.7. The molecule has 1 aromatic carbocycles. The number of nitrogens with one attached hydrogen (secondary N) is 2. The van der Waals surface area contributed by atoms with Crippen LogP contribution in [0.25, 0.3) is 10.9 Å². The molecule has 1 aliphatic heterocycles. The number of aromatic nitrogens is 2. The molecule has 2 heterocycles. The first kappa shape index (κ1) is 17.7. The quantitative estimate of drug-likeness (QED) is 0.793. The highest BCUT2D eigenvalue weighted by atomic mass is 79.9. The minimum atomic E-state index is -0.592. The smallest absolute Gasteiger partial charge is 0.410 e. The van der Waals surface area contributed by atoms with E-state index in [4.69, 9.17) is 4.74 Å². The number of aromatic amines is 1. The van der Waals surface area contributed by atoms with Crippen LogP contribution >= 0.6 is 15.9 Å². The maximum atomic E-state index is 12.7. The van der Waals surface area contributed by atoms with Crippen molar-refractivity contribution in [2.24, 2.45) is 0 Å². The van der Waals surface area contributed by atoms with Crippen LogP contribution in [0, 0.1) is 0 Å². The molecule has 0 bridgehead atoms. The number of hydrogen-bond donors (Lipinski definition) is 2. The molecule has 0 radical (unpaired) electrons. The van der Waals surface area contributed by atoms with Gasteiger partial charge >= 0.3 is 6.09 Å². The fourth-order valence-electron chi connectivity index (χ4n) is 2.86. The van der Waals surface area contributed by atoms with Gasteiger partial charge in [0.05, 0.1) is 5.52 Å². The summed E-state index contributed by atoms with van der Waals surface area (Å²) in [4.78, 5) is 26.5. The third kappa shape index (κ3) is 3.95. The minimum Gasteiger partial charge on any atom is -0.444 e. The highest BCUT2D eigenvalue weighted by Crippen LogP contribution is 2.26. The first-order chi connectivity index (χ1) is 11.7. The van der Waals surface area contributed by atoms with Crippen molar-refractivity contribution in [2.45, 2.75) is 45.3 Å². The number of ether oxygens (including phenoxy) is 1. The monoisotopic (exact) mass is 408 g/mol. The van der Waals surface area contributed by atoms with Gasteiger partial charge in [-0.25, -0.2) is 4.79 Å². The zero-order chi connectivity index (χ0) is 18.2. The van der Waals surface area contributed by atoms with Gasteiger partial charge in [-0.2, -0.15) is 5.10 Å². The normalized spacial score (nSPS) is 17.8. The van der Waals surface area contributed by atoms with Crippen molar-refractivity contribution in [1.82, 2.24) is 15.1 Å². The van der Waals surface area contributed by atoms with Gasteiger partial charge in [-0.1, -0.05) is 15.9 Å². The lowest BCUT2D eigenvalue weighted by molar-refractivity contribution is -0.120. The van der Waals surface area contributed by atoms with Crippen LogP contribution in [-0.4, -0.2) is 45.3 Å². The summed E-state index contributed by atoms with van der Waals surface area (Å²) < 4.78 is 6.30. The Morgan fingerprint density at radius 2 is 2.16 bits per heavy atom. The zero-order valence-electron chi connectivity index (χ0n) is 14.4. The SMILES string of the molecule is CC(C)(C)OC(=O)N1CCC[C@H]1C(=O)Nc1n[nH]c2ccc(Br)cc12. The number of likely N-dealkylation sites (tertiary alicyclic amines) is 1. The fourth-order valence-corrected chi connectivity index (χ4v) is 3.22. The van der Waals surface area contributed by atoms with Gasteiger partial charge < -0.3 is 10.1 Å². The number of nitrogens with zero attached hydrogens (tertiary/aromatic N) is 2. The molecule has 8 heteroatoms. The van der Waals surface area contributed by atoms with E-state index in [0.717, 1.165) is 21.8 Å². The average molecular weight is 409 g/mol. The van der Waals surface area contributed by atoms with E-state index < -0.39 is 17.7 Å². The second-order valence-electron chi connectivity index (χ2n) is 7.08. The van der Waals surface area contributed by atoms with Gasteiger partial charge in [-0.15, -0.1) is 0 Å². The molecule has 3 rings (SSSR count). The molecular formula is C17H21BrN4O3. The van der Waals surface area contributed by atoms with Crippen LogP contribution in [-0.2, 0) is 9.53 Å². The standard InChI is InChI=1S/C17H21BrN4O3/c1-17(2,3)25-16(24)22-8-4-5-13(22)15(23)19-14-11-9-10(18)6-7-12(11)20-21-14/h6-7,9,13H,4-5,8H2,1-3H3,(H2,19,20,21,23)/t13-/m0/s1. The second-order valence-corrected chi connectivity index (χ2v) is 8.00. The number of halogens is 1. The minimum absolute atomic E-state index is 0.253. The maximum Gasteiger partial charge on any atom is 0.410 e. The number of H-pyrrole nitrogens is 1. The summed E-state index contributed by atoms with van der Waals surface area (Å²) in [5.41, 5.74) is 0.236. The number of carbonyl (C=O) groups is 2. The molecular weight excluding hydrogens is 388 g/mol. The molecule has 25 heavy (non-hydrogen) atoms. The third-order valence-corrected chi connectivity index (χ3v) is 4.44. The van der Waals surface area contributed by atoms with E-state index in [1.807, 2.05) is 39.0 Å². The summed E-state index contributed by atoms with van der Waals surface area (Å²) in [6, 6.07) is 5.11. The summed E-state index contributed by atoms with van der Waals surface area (Å²) in [7, 11) is 0. The van der Waals surface area contributed by atoms with Gasteiger partial charge in [0.2, 0.25) is 5.91 Å². The predicted molar refractivity (Wildman–Crippen MR) is 98.4 cm³/mol. The number of rotatable bonds is 2. The molecule has 2 amide bonds. The molecule has 1 aliphatic rings. The van der Waals surface area contributed by atoms with Gasteiger partial charge in [-0.05, 0) is 51.8 Å². The highest BCUT2D eigenvalue weighted by molar-refractivity contribution is 9.10. The van der Waals surface area contributed by atoms with E-state index in [1.165, 1.54) is 4.90 Å². The molecule has 1 atom stereocenters. The van der Waals surface area contributed by atoms with Gasteiger partial charge in [0.1, 0.15) is 11.6 Å². The van der Waals surface area contributed by atoms with Gasteiger partial charge in [0, 0.05) is 16.4 Å². The molecule has 2 N–H and O–H groups in total. The Labute approximate surface area is 154 Å². The van der Waals surface area contributed by atoms with Crippen molar-refractivity contribution in [2.75, 3.05) is 11.9 Å². The molecule has 7 nitrogen and oxygen atoms in total. The Hall–Kier alpha value is -2.09. The van der Waals surface area contributed by atoms with E-state index in [2.05, 4.69) is 31.4 Å². The van der Waals surface area contributed by atoms with Crippen molar-refractivity contribution in [3.05, 3.63) is 22.7 Å². The number of anilines is 1. The number of carbonyl (C=O) groups excluding carboxylic acids is 2. The first-order valence-electron chi connectivity index (χ1n) is 8.19. The molecule has 1 aromatic heterocycles. The number of amides is 2. The highest BCUT2D eigenvalue weighted by Gasteiger charge is 2.36. The lowest BCUT2D eigenvalue weighted by Crippen LogP contribution is -2.45. The lowest BCUT2D eigenvalue weighted by Gasteiger charge is -2.27. The van der Waals surface area contributed by atoms with Crippen molar-refractivity contribution >= 4 is 44.7 Å². The van der Waals surface area contributed by atoms with Crippen molar-refractivity contribution in [1.29, 1.82) is 0 Å². The molecule has 0 aliphatic carbocycles. The Morgan fingerprint density at radius 1 is 1.40 bits per heavy atom. The van der Waals surface area contributed by atoms with E-state index in [0.29, 0.717) is 18.8 Å². The van der Waals surface area contributed by atoms with E-state index in [-0.39, 0.29) is 5.91 Å². The summed E-state index contributed by atoms with van der Waals surface area (Å²) in [6.45, 7) is 5.94. The zero-order valence-corrected chi connectivity index (χ0v) is 16.0. The summed E-state index contributed by atoms with van der Waals surface area (Å²) >= 11 is 3.42. The molecule has 1 fully saturated rings. The van der Waals surface area contributed by atoms with E-state index >= 15 is 0 Å². The molecule has 134 valence electrons. The first-order valence-corrected chi connectivity index (χ1v) is 8.98. The van der Waals surface area contributed by atoms with E-state index in [9.17, 15) is 9.59 Å². The van der Waals surface area contributed by atoms with Crippen LogP contribution in [0.3, 0.4) is 0 Å². The Balaban J connectivity index is 1.75. The molecule has 0 spiro atoms. The maximum absolute atomic E-state index is 12.7. The van der Waals surface area contributed by atoms with E-state index in [1.54, 1.807) is 0 Å². The molecule has 1 saturated heterocycles. The third-order valence-electron chi connectivity index (χ3n) is 3.95. The number of hydrogen-bond acceptors (Lipinski definition) is 4. The van der Waals surface area contributed by atoms with Crippen LogP contribution < -0.4 is 5.32 Å². The largest absolute Gasteiger partial charge is 0.444 e. The van der Waals surface area contributed by atoms with Crippen LogP contribution in [0.1, 0.15) is 33.6 Å². The Kier molecular flexibility index (Phi) is 4.73. The van der Waals surface area contributed by atoms with Crippen molar-refractivity contribution in [3.8, 4) is 0 Å². The van der Waals surface area contributed by atoms with Crippen molar-refractivity contribution in [3.63, 3.8) is 0 Å². The van der Waals surface area contributed by atoms with Crippen LogP contribution in [0.4, 0.5) is 10.6 Å². The summed E-state index contributed by atoms with van der Waals surface area (Å²) in [5.74, 6) is 0.203. The lowest BCUT2D eigenvalue weighted by atomic mass is 10.2. The second kappa shape index (κ2) is 6.67. The molecule has 2 aromatic rings. The topological polar surface area (TPSA) is 87.3 Å². The van der Waals surface area contributed by atoms with Crippen LogP contribution in [0.15, 0.2) is 22.7 Å². The van der Waals surface area contributed by atoms with Gasteiger partial charge in [0.15, 0.2) is 5.82 Å². The Morgan fingerprint density at radius 3 is 2.88 bits per heavy atom. The predicted octanol–water partition coefficient (Wildman–Crippen LogP) is 3.66. The fraction of sp³-hybridized carbons (Fsp3) is 0.471. The number of fused-ring (bicyclic) bond motifs is 1. The summed E-state index contributed by atoms with van der Waals surface area (Å²) in [6.07, 6.45) is 0.918. The van der Waals surface area contributed by atoms with Gasteiger partial charge in [0.25, 0.3) is 0 Å². The Bertz CT molecular complexity index is 812. The molecule has 0 unspecified atom stereocenters. The van der Waals surface area contributed by atoms with Gasteiger partial charge in [-0.3, -0.25) is 14.8 Å². The average Bonchev–Trinajstić information content (AvgIpc) is 3.13.